The van der Waals surface area contributed by atoms with Crippen LogP contribution in [-0.2, 0) is 0 Å². The average Bonchev–Trinajstić information content (AvgIpc) is 3.22. The largest absolute Gasteiger partial charge is 0.346 e. The van der Waals surface area contributed by atoms with Gasteiger partial charge in [-0.25, -0.2) is 4.98 Å². The Balaban J connectivity index is 1.83. The van der Waals surface area contributed by atoms with Crippen LogP contribution in [0.1, 0.15) is 62.5 Å². The van der Waals surface area contributed by atoms with Crippen molar-refractivity contribution >= 4 is 11.6 Å². The highest BCUT2D eigenvalue weighted by atomic mass is 16.5. The van der Waals surface area contributed by atoms with Crippen molar-refractivity contribution in [3.05, 3.63) is 29.8 Å². The Labute approximate surface area is 139 Å². The van der Waals surface area contributed by atoms with E-state index >= 15 is 0 Å². The fourth-order valence-corrected chi connectivity index (χ4v) is 3.24. The monoisotopic (exact) mass is 327 g/mol. The number of rotatable bonds is 3. The molecule has 8 nitrogen and oxygen atoms in total. The highest BCUT2D eigenvalue weighted by molar-refractivity contribution is 5.49. The minimum Gasteiger partial charge on any atom is -0.346 e. The van der Waals surface area contributed by atoms with E-state index in [1.807, 2.05) is 6.92 Å². The van der Waals surface area contributed by atoms with E-state index in [2.05, 4.69) is 50.0 Å². The lowest BCUT2D eigenvalue weighted by Crippen LogP contribution is -2.35. The van der Waals surface area contributed by atoms with Gasteiger partial charge in [0.2, 0.25) is 5.89 Å². The second-order valence-corrected chi connectivity index (χ2v) is 6.54. The first-order valence-electron chi connectivity index (χ1n) is 8.41. The topological polar surface area (TPSA) is 85.2 Å². The maximum absolute atomic E-state index is 5.20. The van der Waals surface area contributed by atoms with E-state index in [0.29, 0.717) is 17.6 Å². The molecule has 8 heteroatoms. The molecule has 24 heavy (non-hydrogen) atoms. The molecule has 0 saturated carbocycles. The quantitative estimate of drug-likeness (QED) is 0.731. The van der Waals surface area contributed by atoms with E-state index in [4.69, 9.17) is 4.52 Å². The Hall–Kier alpha value is -2.51. The van der Waals surface area contributed by atoms with Crippen LogP contribution in [0.5, 0.6) is 0 Å². The van der Waals surface area contributed by atoms with Crippen molar-refractivity contribution in [2.75, 3.05) is 11.4 Å². The van der Waals surface area contributed by atoms with Crippen molar-refractivity contribution in [3.8, 4) is 0 Å². The van der Waals surface area contributed by atoms with Gasteiger partial charge in [-0.2, -0.15) is 19.6 Å². The van der Waals surface area contributed by atoms with E-state index in [0.717, 1.165) is 43.1 Å². The third-order valence-electron chi connectivity index (χ3n) is 4.48. The predicted octanol–water partition coefficient (Wildman–Crippen LogP) is 2.67. The lowest BCUT2D eigenvalue weighted by Gasteiger charge is -2.35. The predicted molar refractivity (Wildman–Crippen MR) is 87.8 cm³/mol. The van der Waals surface area contributed by atoms with Crippen molar-refractivity contribution < 1.29 is 4.52 Å². The smallest absolute Gasteiger partial charge is 0.254 e. The summed E-state index contributed by atoms with van der Waals surface area (Å²) in [6, 6.07) is 2.20. The molecule has 1 atom stereocenters. The van der Waals surface area contributed by atoms with Gasteiger partial charge < -0.3 is 9.42 Å². The summed E-state index contributed by atoms with van der Waals surface area (Å²) in [6.07, 6.45) is 4.82. The first kappa shape index (κ1) is 15.0. The standard InChI is InChI=1S/C16H21N7O/c1-10(2)12-8-14(23-16(20-12)17-9-18-23)22-7-5-4-6-13(22)15-19-11(3)24-21-15/h8-10,13H,4-7H2,1-3H3. The molecule has 1 fully saturated rings. The number of hydrogen-bond acceptors (Lipinski definition) is 7. The van der Waals surface area contributed by atoms with Crippen LogP contribution in [0.15, 0.2) is 16.9 Å². The number of fused-ring (bicyclic) bond motifs is 1. The summed E-state index contributed by atoms with van der Waals surface area (Å²) in [7, 11) is 0. The van der Waals surface area contributed by atoms with Crippen LogP contribution >= 0.6 is 0 Å². The minimum atomic E-state index is 0.0889. The van der Waals surface area contributed by atoms with Crippen LogP contribution in [-0.4, -0.2) is 36.3 Å². The molecule has 1 unspecified atom stereocenters. The Kier molecular flexibility index (Phi) is 3.66. The molecule has 3 aromatic rings. The Morgan fingerprint density at radius 1 is 1.25 bits per heavy atom. The highest BCUT2D eigenvalue weighted by Gasteiger charge is 2.30. The Morgan fingerprint density at radius 2 is 2.12 bits per heavy atom. The van der Waals surface area contributed by atoms with Gasteiger partial charge in [0.25, 0.3) is 5.78 Å². The molecular formula is C16H21N7O. The van der Waals surface area contributed by atoms with Crippen LogP contribution in [0.2, 0.25) is 0 Å². The molecule has 4 rings (SSSR count). The molecule has 3 aromatic heterocycles. The van der Waals surface area contributed by atoms with Crippen molar-refractivity contribution in [3.63, 3.8) is 0 Å². The molecule has 4 heterocycles. The molecule has 0 N–H and O–H groups in total. The number of hydrogen-bond donors (Lipinski definition) is 0. The van der Waals surface area contributed by atoms with Gasteiger partial charge in [-0.3, -0.25) is 0 Å². The number of nitrogens with zero attached hydrogens (tertiary/aromatic N) is 7. The lowest BCUT2D eigenvalue weighted by atomic mass is 10.0. The molecule has 0 aromatic carbocycles. The van der Waals surface area contributed by atoms with Crippen LogP contribution in [0.25, 0.3) is 5.78 Å². The summed E-state index contributed by atoms with van der Waals surface area (Å²) in [4.78, 5) is 15.7. The van der Waals surface area contributed by atoms with E-state index in [1.54, 1.807) is 10.8 Å². The van der Waals surface area contributed by atoms with E-state index in [-0.39, 0.29) is 6.04 Å². The maximum atomic E-state index is 5.20. The summed E-state index contributed by atoms with van der Waals surface area (Å²) in [6.45, 7) is 7.02. The van der Waals surface area contributed by atoms with E-state index < -0.39 is 0 Å². The molecule has 1 aliphatic rings. The minimum absolute atomic E-state index is 0.0889. The van der Waals surface area contributed by atoms with Crippen molar-refractivity contribution in [1.82, 2.24) is 29.7 Å². The van der Waals surface area contributed by atoms with Gasteiger partial charge in [0.15, 0.2) is 5.82 Å². The fraction of sp³-hybridized carbons (Fsp3) is 0.562. The zero-order valence-corrected chi connectivity index (χ0v) is 14.2. The van der Waals surface area contributed by atoms with Crippen LogP contribution in [0, 0.1) is 6.92 Å². The van der Waals surface area contributed by atoms with Gasteiger partial charge >= 0.3 is 0 Å². The molecule has 0 radical (unpaired) electrons. The number of aromatic nitrogens is 6. The normalized spacial score (nSPS) is 18.7. The van der Waals surface area contributed by atoms with Crippen molar-refractivity contribution in [2.45, 2.75) is 52.0 Å². The average molecular weight is 327 g/mol. The zero-order chi connectivity index (χ0) is 16.7. The summed E-state index contributed by atoms with van der Waals surface area (Å²) < 4.78 is 7.00. The summed E-state index contributed by atoms with van der Waals surface area (Å²) >= 11 is 0. The van der Waals surface area contributed by atoms with Crippen LogP contribution < -0.4 is 4.90 Å². The number of aryl methyl sites for hydroxylation is 1. The Bertz CT molecular complexity index is 853. The molecule has 1 saturated heterocycles. The number of anilines is 1. The van der Waals surface area contributed by atoms with E-state index in [9.17, 15) is 0 Å². The summed E-state index contributed by atoms with van der Waals surface area (Å²) in [5, 5.41) is 8.52. The number of piperidine rings is 1. The molecular weight excluding hydrogens is 306 g/mol. The fourth-order valence-electron chi connectivity index (χ4n) is 3.24. The van der Waals surface area contributed by atoms with Crippen molar-refractivity contribution in [2.24, 2.45) is 0 Å². The molecule has 0 bridgehead atoms. The van der Waals surface area contributed by atoms with Crippen LogP contribution in [0.3, 0.4) is 0 Å². The third kappa shape index (κ3) is 2.51. The van der Waals surface area contributed by atoms with Crippen LogP contribution in [0.4, 0.5) is 5.82 Å². The second-order valence-electron chi connectivity index (χ2n) is 6.54. The third-order valence-corrected chi connectivity index (χ3v) is 4.48. The van der Waals surface area contributed by atoms with Gasteiger partial charge in [0.1, 0.15) is 12.1 Å². The van der Waals surface area contributed by atoms with Gasteiger partial charge in [0.05, 0.1) is 11.7 Å². The van der Waals surface area contributed by atoms with Gasteiger partial charge in [0, 0.05) is 19.5 Å². The first-order valence-corrected chi connectivity index (χ1v) is 8.41. The lowest BCUT2D eigenvalue weighted by molar-refractivity contribution is 0.371. The second kappa shape index (κ2) is 5.85. The van der Waals surface area contributed by atoms with Gasteiger partial charge in [-0.05, 0) is 25.2 Å². The van der Waals surface area contributed by atoms with Gasteiger partial charge in [-0.1, -0.05) is 19.0 Å². The summed E-state index contributed by atoms with van der Waals surface area (Å²) in [5.41, 5.74) is 1.01. The molecule has 126 valence electrons. The zero-order valence-electron chi connectivity index (χ0n) is 14.2. The maximum Gasteiger partial charge on any atom is 0.254 e. The SMILES string of the molecule is Cc1nc(C2CCCCN2c2cc(C(C)C)nc3ncnn23)no1. The van der Waals surface area contributed by atoms with E-state index in [1.165, 1.54) is 0 Å². The van der Waals surface area contributed by atoms with Crippen molar-refractivity contribution in [1.29, 1.82) is 0 Å². The van der Waals surface area contributed by atoms with Gasteiger partial charge in [-0.15, -0.1) is 0 Å². The summed E-state index contributed by atoms with van der Waals surface area (Å²) in [5.74, 6) is 3.28. The molecule has 0 spiro atoms. The molecule has 1 aliphatic heterocycles. The molecule has 0 aliphatic carbocycles. The first-order chi connectivity index (χ1) is 11.6. The molecule has 0 amide bonds. The highest BCUT2D eigenvalue weighted by Crippen LogP contribution is 2.34. The Morgan fingerprint density at radius 3 is 2.88 bits per heavy atom.